The predicted molar refractivity (Wildman–Crippen MR) is 90.2 cm³/mol. The molecular weight excluding hydrogens is 258 g/mol. The molecular formula is C18H25N3. The maximum absolute atomic E-state index is 4.71. The van der Waals surface area contributed by atoms with Crippen molar-refractivity contribution in [3.8, 4) is 0 Å². The van der Waals surface area contributed by atoms with E-state index in [0.717, 1.165) is 25.5 Å². The molecule has 112 valence electrons. The zero-order valence-corrected chi connectivity index (χ0v) is 13.5. The molecule has 0 fully saturated rings. The number of nitrogens with one attached hydrogen (secondary N) is 1. The van der Waals surface area contributed by atoms with Gasteiger partial charge in [0.1, 0.15) is 5.82 Å². The molecule has 0 amide bonds. The summed E-state index contributed by atoms with van der Waals surface area (Å²) in [4.78, 5) is 6.99. The number of hydrogen-bond donors (Lipinski definition) is 1. The molecule has 3 heteroatoms. The maximum Gasteiger partial charge on any atom is 0.135 e. The van der Waals surface area contributed by atoms with E-state index >= 15 is 0 Å². The van der Waals surface area contributed by atoms with E-state index in [1.165, 1.54) is 22.4 Å². The van der Waals surface area contributed by atoms with Gasteiger partial charge in [0.25, 0.3) is 0 Å². The van der Waals surface area contributed by atoms with Gasteiger partial charge in [0.15, 0.2) is 0 Å². The van der Waals surface area contributed by atoms with E-state index in [2.05, 4.69) is 68.2 Å². The lowest BCUT2D eigenvalue weighted by Crippen LogP contribution is -2.20. The van der Waals surface area contributed by atoms with Gasteiger partial charge in [-0.2, -0.15) is 0 Å². The highest BCUT2D eigenvalue weighted by Gasteiger charge is 2.13. The fourth-order valence-corrected chi connectivity index (χ4v) is 2.57. The lowest BCUT2D eigenvalue weighted by Gasteiger charge is -2.25. The van der Waals surface area contributed by atoms with Gasteiger partial charge in [0.2, 0.25) is 0 Å². The van der Waals surface area contributed by atoms with Gasteiger partial charge >= 0.3 is 0 Å². The van der Waals surface area contributed by atoms with E-state index < -0.39 is 0 Å². The third kappa shape index (κ3) is 3.61. The molecule has 1 aromatic heterocycles. The van der Waals surface area contributed by atoms with Crippen LogP contribution in [0, 0.1) is 13.8 Å². The molecule has 3 nitrogen and oxygen atoms in total. The molecule has 0 aliphatic carbocycles. The van der Waals surface area contributed by atoms with Crippen LogP contribution in [0.5, 0.6) is 0 Å². The Morgan fingerprint density at radius 3 is 2.48 bits per heavy atom. The zero-order chi connectivity index (χ0) is 15.2. The van der Waals surface area contributed by atoms with Gasteiger partial charge in [0, 0.05) is 25.0 Å². The largest absolute Gasteiger partial charge is 0.326 e. The summed E-state index contributed by atoms with van der Waals surface area (Å²) in [6, 6.07) is 10.7. The molecule has 2 rings (SSSR count). The van der Waals surface area contributed by atoms with Crippen LogP contribution in [-0.2, 0) is 6.54 Å². The number of benzene rings is 1. The second kappa shape index (κ2) is 7.23. The highest BCUT2D eigenvalue weighted by atomic mass is 15.2. The normalized spacial score (nSPS) is 10.7. The van der Waals surface area contributed by atoms with Crippen molar-refractivity contribution in [1.29, 1.82) is 0 Å². The van der Waals surface area contributed by atoms with Crippen molar-refractivity contribution in [3.63, 3.8) is 0 Å². The average molecular weight is 283 g/mol. The molecule has 0 aliphatic heterocycles. The quantitative estimate of drug-likeness (QED) is 0.869. The number of para-hydroxylation sites is 1. The second-order valence-electron chi connectivity index (χ2n) is 5.30. The van der Waals surface area contributed by atoms with Crippen molar-refractivity contribution in [2.45, 2.75) is 34.2 Å². The van der Waals surface area contributed by atoms with Crippen molar-refractivity contribution in [3.05, 3.63) is 53.2 Å². The second-order valence-corrected chi connectivity index (χ2v) is 5.30. The highest BCUT2D eigenvalue weighted by Crippen LogP contribution is 2.29. The number of nitrogens with zero attached hydrogens (tertiary/aromatic N) is 2. The third-order valence-electron chi connectivity index (χ3n) is 3.66. The Labute approximate surface area is 128 Å². The molecule has 0 unspecified atom stereocenters. The monoisotopic (exact) mass is 283 g/mol. The molecule has 0 saturated heterocycles. The lowest BCUT2D eigenvalue weighted by atomic mass is 10.1. The van der Waals surface area contributed by atoms with E-state index in [1.807, 2.05) is 6.20 Å². The summed E-state index contributed by atoms with van der Waals surface area (Å²) < 4.78 is 0. The first-order valence-electron chi connectivity index (χ1n) is 7.66. The van der Waals surface area contributed by atoms with Crippen LogP contribution in [0.1, 0.15) is 30.5 Å². The van der Waals surface area contributed by atoms with Crippen LogP contribution in [0.15, 0.2) is 36.5 Å². The molecule has 2 aromatic rings. The zero-order valence-electron chi connectivity index (χ0n) is 13.5. The Hall–Kier alpha value is -1.87. The third-order valence-corrected chi connectivity index (χ3v) is 3.66. The van der Waals surface area contributed by atoms with E-state index in [9.17, 15) is 0 Å². The minimum absolute atomic E-state index is 0.876. The number of aromatic nitrogens is 1. The summed E-state index contributed by atoms with van der Waals surface area (Å²) >= 11 is 0. The molecule has 0 spiro atoms. The number of pyridine rings is 1. The van der Waals surface area contributed by atoms with Crippen LogP contribution in [-0.4, -0.2) is 18.1 Å². The Kier molecular flexibility index (Phi) is 5.34. The van der Waals surface area contributed by atoms with E-state index in [-0.39, 0.29) is 0 Å². The summed E-state index contributed by atoms with van der Waals surface area (Å²) in [5, 5.41) is 3.34. The van der Waals surface area contributed by atoms with Gasteiger partial charge < -0.3 is 10.2 Å². The Balaban J connectivity index is 2.33. The molecule has 1 N–H and O–H groups in total. The Bertz CT molecular complexity index is 593. The SMILES string of the molecule is CCNCc1cnc(N(CC)c2ccccc2C)c(C)c1. The van der Waals surface area contributed by atoms with Gasteiger partial charge in [-0.3, -0.25) is 0 Å². The first-order chi connectivity index (χ1) is 10.2. The van der Waals surface area contributed by atoms with Crippen LogP contribution in [0.25, 0.3) is 0 Å². The predicted octanol–water partition coefficient (Wildman–Crippen LogP) is 3.97. The van der Waals surface area contributed by atoms with Gasteiger partial charge in [-0.1, -0.05) is 25.1 Å². The van der Waals surface area contributed by atoms with Gasteiger partial charge in [0.05, 0.1) is 0 Å². The molecule has 0 atom stereocenters. The minimum atomic E-state index is 0.876. The number of hydrogen-bond acceptors (Lipinski definition) is 3. The lowest BCUT2D eigenvalue weighted by molar-refractivity contribution is 0.723. The molecule has 0 radical (unpaired) electrons. The smallest absolute Gasteiger partial charge is 0.135 e. The van der Waals surface area contributed by atoms with Crippen molar-refractivity contribution in [2.75, 3.05) is 18.0 Å². The van der Waals surface area contributed by atoms with Crippen molar-refractivity contribution < 1.29 is 0 Å². The first-order valence-corrected chi connectivity index (χ1v) is 7.66. The van der Waals surface area contributed by atoms with E-state index in [4.69, 9.17) is 4.98 Å². The molecule has 0 aliphatic rings. The fourth-order valence-electron chi connectivity index (χ4n) is 2.57. The van der Waals surface area contributed by atoms with Crippen LogP contribution in [0.2, 0.25) is 0 Å². The average Bonchev–Trinajstić information content (AvgIpc) is 2.49. The van der Waals surface area contributed by atoms with Gasteiger partial charge in [-0.25, -0.2) is 4.98 Å². The maximum atomic E-state index is 4.71. The Morgan fingerprint density at radius 2 is 1.86 bits per heavy atom. The summed E-state index contributed by atoms with van der Waals surface area (Å²) in [6.45, 7) is 11.3. The number of rotatable bonds is 6. The highest BCUT2D eigenvalue weighted by molar-refractivity contribution is 5.65. The van der Waals surface area contributed by atoms with Crippen LogP contribution in [0.3, 0.4) is 0 Å². The van der Waals surface area contributed by atoms with Gasteiger partial charge in [-0.15, -0.1) is 0 Å². The fraction of sp³-hybridized carbons (Fsp3) is 0.389. The van der Waals surface area contributed by atoms with Crippen molar-refractivity contribution in [2.24, 2.45) is 0 Å². The first kappa shape index (κ1) is 15.5. The van der Waals surface area contributed by atoms with E-state index in [1.54, 1.807) is 0 Å². The van der Waals surface area contributed by atoms with Crippen LogP contribution in [0.4, 0.5) is 11.5 Å². The molecule has 1 heterocycles. The minimum Gasteiger partial charge on any atom is -0.326 e. The summed E-state index contributed by atoms with van der Waals surface area (Å²) in [7, 11) is 0. The van der Waals surface area contributed by atoms with Crippen molar-refractivity contribution in [1.82, 2.24) is 10.3 Å². The van der Waals surface area contributed by atoms with E-state index in [0.29, 0.717) is 0 Å². The standard InChI is InChI=1S/C18H25N3/c1-5-19-12-16-11-15(4)18(20-13-16)21(6-2)17-10-8-7-9-14(17)3/h7-11,13,19H,5-6,12H2,1-4H3. The topological polar surface area (TPSA) is 28.2 Å². The van der Waals surface area contributed by atoms with Crippen LogP contribution < -0.4 is 10.2 Å². The van der Waals surface area contributed by atoms with Gasteiger partial charge in [-0.05, 0) is 56.1 Å². The molecule has 0 saturated carbocycles. The number of anilines is 2. The molecule has 21 heavy (non-hydrogen) atoms. The number of aryl methyl sites for hydroxylation is 2. The molecule has 1 aromatic carbocycles. The van der Waals surface area contributed by atoms with Crippen molar-refractivity contribution >= 4 is 11.5 Å². The summed E-state index contributed by atoms with van der Waals surface area (Å²) in [6.07, 6.45) is 1.98. The van der Waals surface area contributed by atoms with Crippen LogP contribution >= 0.6 is 0 Å². The summed E-state index contributed by atoms with van der Waals surface area (Å²) in [5.41, 5.74) is 4.96. The summed E-state index contributed by atoms with van der Waals surface area (Å²) in [5.74, 6) is 1.05. The molecule has 0 bridgehead atoms. The Morgan fingerprint density at radius 1 is 1.10 bits per heavy atom.